The Labute approximate surface area is 83.9 Å². The van der Waals surface area contributed by atoms with Gasteiger partial charge in [0.2, 0.25) is 0 Å². The van der Waals surface area contributed by atoms with E-state index < -0.39 is 5.97 Å². The third-order valence-corrected chi connectivity index (χ3v) is 2.03. The molecule has 0 bridgehead atoms. The molecule has 2 aromatic heterocycles. The number of carboxylic acids is 1. The van der Waals surface area contributed by atoms with Crippen molar-refractivity contribution in [3.05, 3.63) is 28.8 Å². The predicted octanol–water partition coefficient (Wildman–Crippen LogP) is 1.39. The van der Waals surface area contributed by atoms with Crippen LogP contribution >= 0.6 is 11.6 Å². The van der Waals surface area contributed by atoms with Crippen LogP contribution < -0.4 is 0 Å². The molecule has 0 aliphatic heterocycles. The summed E-state index contributed by atoms with van der Waals surface area (Å²) < 4.78 is 1.41. The van der Waals surface area contributed by atoms with Crippen molar-refractivity contribution in [2.75, 3.05) is 0 Å². The van der Waals surface area contributed by atoms with Crippen molar-refractivity contribution in [1.29, 1.82) is 0 Å². The summed E-state index contributed by atoms with van der Waals surface area (Å²) in [6, 6.07) is 1.39. The maximum Gasteiger partial charge on any atom is 0.356 e. The zero-order chi connectivity index (χ0) is 10.3. The number of nitrogens with zero attached hydrogens (tertiary/aromatic N) is 3. The number of fused-ring (bicyclic) bond motifs is 1. The fourth-order valence-corrected chi connectivity index (χ4v) is 1.44. The first-order valence-corrected chi connectivity index (χ1v) is 4.21. The maximum atomic E-state index is 10.6. The quantitative estimate of drug-likeness (QED) is 0.774. The minimum atomic E-state index is -1.08. The van der Waals surface area contributed by atoms with Gasteiger partial charge < -0.3 is 5.11 Å². The first kappa shape index (κ1) is 8.96. The summed E-state index contributed by atoms with van der Waals surface area (Å²) in [4.78, 5) is 14.6. The number of carbonyl (C=O) groups is 1. The van der Waals surface area contributed by atoms with Crippen molar-refractivity contribution in [2.24, 2.45) is 0 Å². The lowest BCUT2D eigenvalue weighted by Crippen LogP contribution is -1.98. The van der Waals surface area contributed by atoms with Gasteiger partial charge >= 0.3 is 5.97 Å². The van der Waals surface area contributed by atoms with Crippen LogP contribution in [0.4, 0.5) is 0 Å². The minimum absolute atomic E-state index is 0.0423. The standard InChI is InChI=1S/C8H6ClN3O2/c1-4-3-12-6(7(9)10-4)2-5(11-12)8(13)14/h2-3H,1H3,(H,13,14). The Hall–Kier alpha value is -1.62. The average molecular weight is 212 g/mol. The Morgan fingerprint density at radius 3 is 3.00 bits per heavy atom. The van der Waals surface area contributed by atoms with Crippen LogP contribution in [0.25, 0.3) is 5.52 Å². The summed E-state index contributed by atoms with van der Waals surface area (Å²) in [5.74, 6) is -1.08. The number of carboxylic acid groups (broad SMARTS) is 1. The second kappa shape index (κ2) is 2.95. The van der Waals surface area contributed by atoms with E-state index in [4.69, 9.17) is 16.7 Å². The largest absolute Gasteiger partial charge is 0.476 e. The first-order valence-electron chi connectivity index (χ1n) is 3.84. The van der Waals surface area contributed by atoms with Crippen molar-refractivity contribution in [2.45, 2.75) is 6.92 Å². The molecule has 0 aliphatic rings. The molecule has 14 heavy (non-hydrogen) atoms. The van der Waals surface area contributed by atoms with Gasteiger partial charge in [-0.15, -0.1) is 0 Å². The highest BCUT2D eigenvalue weighted by molar-refractivity contribution is 6.32. The van der Waals surface area contributed by atoms with E-state index >= 15 is 0 Å². The zero-order valence-corrected chi connectivity index (χ0v) is 7.99. The van der Waals surface area contributed by atoms with Gasteiger partial charge in [-0.3, -0.25) is 0 Å². The van der Waals surface area contributed by atoms with Gasteiger partial charge in [0.25, 0.3) is 0 Å². The molecule has 0 aromatic carbocycles. The van der Waals surface area contributed by atoms with E-state index in [1.54, 1.807) is 13.1 Å². The molecule has 0 fully saturated rings. The van der Waals surface area contributed by atoms with Crippen molar-refractivity contribution in [1.82, 2.24) is 14.6 Å². The molecule has 0 atom stereocenters. The van der Waals surface area contributed by atoms with Crippen LogP contribution in [0.1, 0.15) is 16.2 Å². The Morgan fingerprint density at radius 2 is 2.36 bits per heavy atom. The molecule has 0 saturated carbocycles. The van der Waals surface area contributed by atoms with E-state index in [0.29, 0.717) is 11.2 Å². The number of hydrogen-bond donors (Lipinski definition) is 1. The lowest BCUT2D eigenvalue weighted by Gasteiger charge is -1.96. The van der Waals surface area contributed by atoms with Crippen molar-refractivity contribution in [3.8, 4) is 0 Å². The minimum Gasteiger partial charge on any atom is -0.476 e. The summed E-state index contributed by atoms with van der Waals surface area (Å²) >= 11 is 5.82. The Morgan fingerprint density at radius 1 is 1.64 bits per heavy atom. The number of halogens is 1. The predicted molar refractivity (Wildman–Crippen MR) is 49.7 cm³/mol. The molecule has 0 spiro atoms. The highest BCUT2D eigenvalue weighted by Gasteiger charge is 2.11. The molecular formula is C8H6ClN3O2. The average Bonchev–Trinajstić information content (AvgIpc) is 2.47. The Balaban J connectivity index is 2.76. The molecule has 72 valence electrons. The lowest BCUT2D eigenvalue weighted by atomic mass is 10.4. The SMILES string of the molecule is Cc1cn2nc(C(=O)O)cc2c(Cl)n1. The van der Waals surface area contributed by atoms with Gasteiger partial charge in [0.15, 0.2) is 10.8 Å². The van der Waals surface area contributed by atoms with Crippen LogP contribution in [-0.2, 0) is 0 Å². The number of hydrogen-bond acceptors (Lipinski definition) is 3. The van der Waals surface area contributed by atoms with Crippen molar-refractivity contribution < 1.29 is 9.90 Å². The van der Waals surface area contributed by atoms with E-state index in [1.807, 2.05) is 0 Å². The molecule has 0 unspecified atom stereocenters. The fourth-order valence-electron chi connectivity index (χ4n) is 1.17. The van der Waals surface area contributed by atoms with Gasteiger partial charge in [-0.25, -0.2) is 14.3 Å². The van der Waals surface area contributed by atoms with Crippen LogP contribution in [0, 0.1) is 6.92 Å². The van der Waals surface area contributed by atoms with Gasteiger partial charge in [-0.2, -0.15) is 5.10 Å². The molecule has 6 heteroatoms. The van der Waals surface area contributed by atoms with Gasteiger partial charge in [0, 0.05) is 6.07 Å². The van der Waals surface area contributed by atoms with Crippen LogP contribution in [0.2, 0.25) is 5.15 Å². The summed E-state index contributed by atoms with van der Waals surface area (Å²) in [5.41, 5.74) is 1.14. The number of aromatic nitrogens is 3. The van der Waals surface area contributed by atoms with Gasteiger partial charge in [-0.05, 0) is 6.92 Å². The summed E-state index contributed by atoms with van der Waals surface area (Å²) in [6.45, 7) is 1.76. The molecule has 0 radical (unpaired) electrons. The Kier molecular flexibility index (Phi) is 1.89. The van der Waals surface area contributed by atoms with E-state index in [1.165, 1.54) is 10.6 Å². The summed E-state index contributed by atoms with van der Waals surface area (Å²) in [7, 11) is 0. The van der Waals surface area contributed by atoms with E-state index in [9.17, 15) is 4.79 Å². The fraction of sp³-hybridized carbons (Fsp3) is 0.125. The van der Waals surface area contributed by atoms with Crippen LogP contribution in [0.5, 0.6) is 0 Å². The van der Waals surface area contributed by atoms with Gasteiger partial charge in [0.1, 0.15) is 5.52 Å². The third-order valence-electron chi connectivity index (χ3n) is 1.75. The number of aryl methyl sites for hydroxylation is 1. The molecule has 1 N–H and O–H groups in total. The molecule has 5 nitrogen and oxygen atoms in total. The maximum absolute atomic E-state index is 10.6. The Bertz CT molecular complexity index is 521. The molecular weight excluding hydrogens is 206 g/mol. The van der Waals surface area contributed by atoms with Crippen LogP contribution in [0.15, 0.2) is 12.3 Å². The summed E-state index contributed by atoms with van der Waals surface area (Å²) in [5, 5.41) is 12.8. The van der Waals surface area contributed by atoms with Gasteiger partial charge in [0.05, 0.1) is 11.9 Å². The first-order chi connectivity index (χ1) is 6.58. The molecule has 2 rings (SSSR count). The number of aromatic carboxylic acids is 1. The number of rotatable bonds is 1. The highest BCUT2D eigenvalue weighted by Crippen LogP contribution is 2.16. The van der Waals surface area contributed by atoms with Crippen LogP contribution in [0.3, 0.4) is 0 Å². The smallest absolute Gasteiger partial charge is 0.356 e. The summed E-state index contributed by atoms with van der Waals surface area (Å²) in [6.07, 6.45) is 1.62. The molecule has 2 aromatic rings. The topological polar surface area (TPSA) is 67.5 Å². The van der Waals surface area contributed by atoms with Crippen molar-refractivity contribution in [3.63, 3.8) is 0 Å². The molecule has 2 heterocycles. The molecule has 0 amide bonds. The van der Waals surface area contributed by atoms with Crippen molar-refractivity contribution >= 4 is 23.1 Å². The molecule has 0 aliphatic carbocycles. The molecule has 0 saturated heterocycles. The normalized spacial score (nSPS) is 10.7. The van der Waals surface area contributed by atoms with E-state index in [-0.39, 0.29) is 10.8 Å². The van der Waals surface area contributed by atoms with Crippen LogP contribution in [-0.4, -0.2) is 25.7 Å². The second-order valence-electron chi connectivity index (χ2n) is 2.84. The van der Waals surface area contributed by atoms with E-state index in [0.717, 1.165) is 0 Å². The highest BCUT2D eigenvalue weighted by atomic mass is 35.5. The second-order valence-corrected chi connectivity index (χ2v) is 3.20. The lowest BCUT2D eigenvalue weighted by molar-refractivity contribution is 0.0690. The van der Waals surface area contributed by atoms with Gasteiger partial charge in [-0.1, -0.05) is 11.6 Å². The monoisotopic (exact) mass is 211 g/mol. The van der Waals surface area contributed by atoms with E-state index in [2.05, 4.69) is 10.1 Å². The third kappa shape index (κ3) is 1.31. The zero-order valence-electron chi connectivity index (χ0n) is 7.23.